The van der Waals surface area contributed by atoms with E-state index in [0.717, 1.165) is 0 Å². The van der Waals surface area contributed by atoms with Crippen LogP contribution in [0.4, 0.5) is 0 Å². The van der Waals surface area contributed by atoms with Gasteiger partial charge in [0.1, 0.15) is 0 Å². The number of hydrogen-bond donors (Lipinski definition) is 0. The van der Waals surface area contributed by atoms with Crippen LogP contribution in [0.2, 0.25) is 0 Å². The quantitative estimate of drug-likeness (QED) is 0.488. The molecule has 1 atom stereocenters. The van der Waals surface area contributed by atoms with Gasteiger partial charge < -0.3 is 0 Å². The Hall–Kier alpha value is -0.780. The van der Waals surface area contributed by atoms with Gasteiger partial charge in [0.15, 0.2) is 0 Å². The Balaban J connectivity index is -0.000000449. The van der Waals surface area contributed by atoms with Gasteiger partial charge in [-0.15, -0.1) is 0 Å². The van der Waals surface area contributed by atoms with Gasteiger partial charge in [0.05, 0.1) is 0 Å². The van der Waals surface area contributed by atoms with Crippen LogP contribution in [0.5, 0.6) is 0 Å². The fourth-order valence-electron chi connectivity index (χ4n) is 1.02. The number of rotatable bonds is 6. The van der Waals surface area contributed by atoms with E-state index in [1.807, 2.05) is 26.0 Å². The van der Waals surface area contributed by atoms with Crippen molar-refractivity contribution in [1.82, 2.24) is 0 Å². The van der Waals surface area contributed by atoms with Crippen molar-refractivity contribution in [3.63, 3.8) is 0 Å². The molecule has 90 valence electrons. The van der Waals surface area contributed by atoms with Gasteiger partial charge in [-0.25, -0.2) is 0 Å². The van der Waals surface area contributed by atoms with E-state index in [2.05, 4.69) is 32.6 Å². The van der Waals surface area contributed by atoms with Crippen molar-refractivity contribution < 1.29 is 0 Å². The molecule has 0 saturated carbocycles. The second-order valence-electron chi connectivity index (χ2n) is 3.13. The molecule has 0 aliphatic rings. The van der Waals surface area contributed by atoms with Crippen molar-refractivity contribution in [2.24, 2.45) is 5.92 Å². The standard InChI is InChI=1S/C12H20.C2H6.CH4/c1-4-6-8-9-11-12(3)10-7-5-2;1-2;/h4,6,8-9,11-12H,1,5,7,10H2,2-3H3;1-2H3;1H4/b8-6-,11-9+;;. The molecule has 0 fully saturated rings. The van der Waals surface area contributed by atoms with Crippen molar-refractivity contribution in [2.75, 3.05) is 0 Å². The van der Waals surface area contributed by atoms with Gasteiger partial charge >= 0.3 is 0 Å². The summed E-state index contributed by atoms with van der Waals surface area (Å²) in [5.74, 6) is 0.708. The average Bonchev–Trinajstić information content (AvgIpc) is 2.24. The molecule has 0 aromatic rings. The molecule has 0 heteroatoms. The molecular weight excluding hydrogens is 180 g/mol. The summed E-state index contributed by atoms with van der Waals surface area (Å²) in [4.78, 5) is 0. The third kappa shape index (κ3) is 19.6. The summed E-state index contributed by atoms with van der Waals surface area (Å²) in [6.07, 6.45) is 14.0. The van der Waals surface area contributed by atoms with Crippen LogP contribution in [0.1, 0.15) is 54.4 Å². The molecule has 0 aliphatic carbocycles. The SMILES string of the molecule is C.C=C/C=C\C=C\C(C)CCCC.CC. The Morgan fingerprint density at radius 3 is 2.20 bits per heavy atom. The molecule has 0 rings (SSSR count). The first-order valence-corrected chi connectivity index (χ1v) is 5.77. The highest BCUT2D eigenvalue weighted by atomic mass is 14.0. The maximum Gasteiger partial charge on any atom is -0.0259 e. The van der Waals surface area contributed by atoms with Crippen molar-refractivity contribution in [2.45, 2.75) is 54.4 Å². The van der Waals surface area contributed by atoms with Crippen LogP contribution in [-0.4, -0.2) is 0 Å². The van der Waals surface area contributed by atoms with Crippen molar-refractivity contribution in [3.05, 3.63) is 37.0 Å². The summed E-state index contributed by atoms with van der Waals surface area (Å²) in [6, 6.07) is 0. The first kappa shape index (κ1) is 19.7. The van der Waals surface area contributed by atoms with Gasteiger partial charge in [0.2, 0.25) is 0 Å². The number of allylic oxidation sites excluding steroid dienone is 5. The fraction of sp³-hybridized carbons (Fsp3) is 0.600. The lowest BCUT2D eigenvalue weighted by molar-refractivity contribution is 0.598. The molecule has 0 aliphatic heterocycles. The molecule has 0 radical (unpaired) electrons. The van der Waals surface area contributed by atoms with Crippen LogP contribution in [-0.2, 0) is 0 Å². The normalized spacial score (nSPS) is 11.7. The van der Waals surface area contributed by atoms with E-state index >= 15 is 0 Å². The summed E-state index contributed by atoms with van der Waals surface area (Å²) >= 11 is 0. The number of hydrogen-bond acceptors (Lipinski definition) is 0. The van der Waals surface area contributed by atoms with Crippen LogP contribution in [0.3, 0.4) is 0 Å². The molecule has 0 N–H and O–H groups in total. The molecule has 0 saturated heterocycles. The van der Waals surface area contributed by atoms with E-state index in [4.69, 9.17) is 0 Å². The van der Waals surface area contributed by atoms with E-state index < -0.39 is 0 Å². The van der Waals surface area contributed by atoms with E-state index in [1.54, 1.807) is 6.08 Å². The second kappa shape index (κ2) is 18.9. The van der Waals surface area contributed by atoms with Crippen LogP contribution < -0.4 is 0 Å². The monoisotopic (exact) mass is 210 g/mol. The van der Waals surface area contributed by atoms with Crippen LogP contribution in [0, 0.1) is 5.92 Å². The van der Waals surface area contributed by atoms with Gasteiger partial charge in [-0.1, -0.05) is 84.9 Å². The minimum atomic E-state index is 0. The second-order valence-corrected chi connectivity index (χ2v) is 3.13. The lowest BCUT2D eigenvalue weighted by Gasteiger charge is -2.02. The first-order valence-electron chi connectivity index (χ1n) is 5.77. The molecule has 0 nitrogen and oxygen atoms in total. The maximum absolute atomic E-state index is 3.61. The number of unbranched alkanes of at least 4 members (excludes halogenated alkanes) is 1. The predicted octanol–water partition coefficient (Wildman–Crippen LogP) is 5.77. The molecule has 0 aromatic heterocycles. The lowest BCUT2D eigenvalue weighted by Crippen LogP contribution is -1.87. The predicted molar refractivity (Wildman–Crippen MR) is 75.2 cm³/mol. The summed E-state index contributed by atoms with van der Waals surface area (Å²) < 4.78 is 0. The minimum absolute atomic E-state index is 0. The van der Waals surface area contributed by atoms with Crippen LogP contribution >= 0.6 is 0 Å². The highest BCUT2D eigenvalue weighted by Gasteiger charge is 1.93. The molecule has 15 heavy (non-hydrogen) atoms. The topological polar surface area (TPSA) is 0 Å². The van der Waals surface area contributed by atoms with E-state index in [9.17, 15) is 0 Å². The maximum atomic E-state index is 3.61. The van der Waals surface area contributed by atoms with Crippen molar-refractivity contribution in [3.8, 4) is 0 Å². The summed E-state index contributed by atoms with van der Waals surface area (Å²) in [6.45, 7) is 12.1. The molecule has 0 heterocycles. The highest BCUT2D eigenvalue weighted by Crippen LogP contribution is 2.08. The summed E-state index contributed by atoms with van der Waals surface area (Å²) in [5.41, 5.74) is 0. The Bertz CT molecular complexity index is 151. The van der Waals surface area contributed by atoms with Gasteiger partial charge in [-0.05, 0) is 12.3 Å². The Morgan fingerprint density at radius 2 is 1.73 bits per heavy atom. The third-order valence-electron chi connectivity index (χ3n) is 1.81. The fourth-order valence-corrected chi connectivity index (χ4v) is 1.02. The first-order chi connectivity index (χ1) is 6.81. The molecule has 0 amide bonds. The van der Waals surface area contributed by atoms with Gasteiger partial charge in [-0.3, -0.25) is 0 Å². The Morgan fingerprint density at radius 1 is 1.13 bits per heavy atom. The highest BCUT2D eigenvalue weighted by molar-refractivity contribution is 5.09. The van der Waals surface area contributed by atoms with Gasteiger partial charge in [0, 0.05) is 0 Å². The van der Waals surface area contributed by atoms with Crippen LogP contribution in [0.25, 0.3) is 0 Å². The third-order valence-corrected chi connectivity index (χ3v) is 1.81. The van der Waals surface area contributed by atoms with Gasteiger partial charge in [0.25, 0.3) is 0 Å². The molecular formula is C15H30. The van der Waals surface area contributed by atoms with E-state index in [1.165, 1.54) is 19.3 Å². The van der Waals surface area contributed by atoms with Crippen molar-refractivity contribution >= 4 is 0 Å². The van der Waals surface area contributed by atoms with Crippen molar-refractivity contribution in [1.29, 1.82) is 0 Å². The zero-order valence-corrected chi connectivity index (χ0v) is 10.3. The minimum Gasteiger partial charge on any atom is -0.0991 e. The van der Waals surface area contributed by atoms with Gasteiger partial charge in [-0.2, -0.15) is 0 Å². The largest absolute Gasteiger partial charge is 0.0991 e. The van der Waals surface area contributed by atoms with Crippen LogP contribution in [0.15, 0.2) is 37.0 Å². The average molecular weight is 210 g/mol. The molecule has 0 bridgehead atoms. The Kier molecular flexibility index (Phi) is 24.9. The molecule has 0 aromatic carbocycles. The smallest absolute Gasteiger partial charge is 0.0259 e. The Labute approximate surface area is 97.8 Å². The molecule has 1 unspecified atom stereocenters. The zero-order valence-electron chi connectivity index (χ0n) is 10.3. The van der Waals surface area contributed by atoms with E-state index in [-0.39, 0.29) is 7.43 Å². The lowest BCUT2D eigenvalue weighted by atomic mass is 10.0. The summed E-state index contributed by atoms with van der Waals surface area (Å²) in [7, 11) is 0. The zero-order chi connectivity index (χ0) is 11.2. The summed E-state index contributed by atoms with van der Waals surface area (Å²) in [5, 5.41) is 0. The molecule has 0 spiro atoms. The van der Waals surface area contributed by atoms with E-state index in [0.29, 0.717) is 5.92 Å².